The molecule has 0 atom stereocenters. The number of rotatable bonds is 6. The largest absolute Gasteiger partial charge is 0.461 e. The highest BCUT2D eigenvalue weighted by Gasteiger charge is 2.19. The number of furan rings is 1. The van der Waals surface area contributed by atoms with Gasteiger partial charge in [0.1, 0.15) is 0 Å². The van der Waals surface area contributed by atoms with E-state index in [1.165, 1.54) is 18.8 Å². The summed E-state index contributed by atoms with van der Waals surface area (Å²) in [6.45, 7) is 2.01. The fourth-order valence-corrected chi connectivity index (χ4v) is 3.08. The zero-order valence-electron chi connectivity index (χ0n) is 16.5. The summed E-state index contributed by atoms with van der Waals surface area (Å²) in [6.07, 6.45) is 5.00. The van der Waals surface area contributed by atoms with Crippen LogP contribution in [0.15, 0.2) is 33.4 Å². The van der Waals surface area contributed by atoms with Crippen LogP contribution in [0.5, 0.6) is 0 Å². The van der Waals surface area contributed by atoms with Crippen LogP contribution in [0, 0.1) is 0 Å². The zero-order chi connectivity index (χ0) is 20.2. The fraction of sp³-hybridized carbons (Fsp3) is 0.421. The monoisotopic (exact) mass is 397 g/mol. The molecule has 1 aliphatic heterocycles. The van der Waals surface area contributed by atoms with Gasteiger partial charge in [0.2, 0.25) is 17.7 Å². The maximum atomic E-state index is 12.5. The first kappa shape index (κ1) is 18.9. The molecule has 0 aromatic carbocycles. The third-order valence-corrected chi connectivity index (χ3v) is 4.61. The summed E-state index contributed by atoms with van der Waals surface area (Å²) in [6, 6.07) is 5.00. The quantitative estimate of drug-likeness (QED) is 0.668. The molecule has 0 bridgehead atoms. The third-order valence-electron chi connectivity index (χ3n) is 4.61. The van der Waals surface area contributed by atoms with E-state index in [-0.39, 0.29) is 18.1 Å². The van der Waals surface area contributed by atoms with Gasteiger partial charge in [-0.15, -0.1) is 0 Å². The molecule has 0 spiro atoms. The summed E-state index contributed by atoms with van der Waals surface area (Å²) in [7, 11) is 3.76. The average Bonchev–Trinajstić information content (AvgIpc) is 3.44. The van der Waals surface area contributed by atoms with E-state index >= 15 is 0 Å². The van der Waals surface area contributed by atoms with Crippen molar-refractivity contribution in [2.24, 2.45) is 0 Å². The molecule has 3 aromatic rings. The van der Waals surface area contributed by atoms with Crippen molar-refractivity contribution in [3.63, 3.8) is 0 Å². The van der Waals surface area contributed by atoms with E-state index < -0.39 is 0 Å². The molecule has 0 radical (unpaired) electrons. The van der Waals surface area contributed by atoms with E-state index in [0.29, 0.717) is 29.2 Å². The van der Waals surface area contributed by atoms with Gasteiger partial charge in [0.05, 0.1) is 12.8 Å². The second kappa shape index (κ2) is 8.29. The van der Waals surface area contributed by atoms with Gasteiger partial charge in [-0.1, -0.05) is 5.16 Å². The summed E-state index contributed by atoms with van der Waals surface area (Å²) >= 11 is 0. The number of amides is 1. The van der Waals surface area contributed by atoms with Gasteiger partial charge in [0.25, 0.3) is 5.91 Å². The van der Waals surface area contributed by atoms with Crippen LogP contribution in [-0.4, -0.2) is 53.2 Å². The van der Waals surface area contributed by atoms with Gasteiger partial charge in [-0.3, -0.25) is 4.79 Å². The highest BCUT2D eigenvalue weighted by atomic mass is 16.5. The Balaban J connectivity index is 1.47. The van der Waals surface area contributed by atoms with E-state index in [9.17, 15) is 4.79 Å². The average molecular weight is 397 g/mol. The van der Waals surface area contributed by atoms with Crippen molar-refractivity contribution in [3.8, 4) is 11.5 Å². The zero-order valence-corrected chi connectivity index (χ0v) is 16.5. The fourth-order valence-electron chi connectivity index (χ4n) is 3.08. The van der Waals surface area contributed by atoms with Crippen molar-refractivity contribution in [2.75, 3.05) is 37.0 Å². The van der Waals surface area contributed by atoms with Crippen molar-refractivity contribution >= 4 is 17.8 Å². The first-order valence-corrected chi connectivity index (χ1v) is 9.56. The van der Waals surface area contributed by atoms with Crippen molar-refractivity contribution in [3.05, 3.63) is 36.0 Å². The second-order valence-electron chi connectivity index (χ2n) is 7.03. The highest BCUT2D eigenvalue weighted by molar-refractivity contribution is 5.92. The molecule has 1 amide bonds. The van der Waals surface area contributed by atoms with Crippen LogP contribution in [0.4, 0.5) is 11.9 Å². The number of carbonyl (C=O) groups is 1. The van der Waals surface area contributed by atoms with Gasteiger partial charge in [0.15, 0.2) is 17.3 Å². The van der Waals surface area contributed by atoms with Gasteiger partial charge in [-0.25, -0.2) is 0 Å². The van der Waals surface area contributed by atoms with Gasteiger partial charge >= 0.3 is 0 Å². The summed E-state index contributed by atoms with van der Waals surface area (Å²) in [5.41, 5.74) is 0.162. The minimum Gasteiger partial charge on any atom is -0.461 e. The van der Waals surface area contributed by atoms with Crippen molar-refractivity contribution in [1.29, 1.82) is 0 Å². The molecule has 1 aliphatic rings. The van der Waals surface area contributed by atoms with Crippen LogP contribution in [0.2, 0.25) is 0 Å². The SMILES string of the molecule is CN(C)c1nc(CNC(=O)c2cc(-c3ccco3)on2)nc(N2CCCCC2)n1. The van der Waals surface area contributed by atoms with Gasteiger partial charge in [-0.2, -0.15) is 15.0 Å². The molecule has 10 heteroatoms. The lowest BCUT2D eigenvalue weighted by atomic mass is 10.1. The molecule has 1 N–H and O–H groups in total. The second-order valence-corrected chi connectivity index (χ2v) is 7.03. The van der Waals surface area contributed by atoms with Gasteiger partial charge in [-0.05, 0) is 31.4 Å². The Morgan fingerprint density at radius 1 is 1.17 bits per heavy atom. The Bertz CT molecular complexity index is 962. The molecule has 10 nitrogen and oxygen atoms in total. The van der Waals surface area contributed by atoms with Gasteiger partial charge < -0.3 is 24.1 Å². The molecule has 0 unspecified atom stereocenters. The van der Waals surface area contributed by atoms with E-state index in [1.54, 1.807) is 12.1 Å². The summed E-state index contributed by atoms with van der Waals surface area (Å²) in [5, 5.41) is 6.59. The lowest BCUT2D eigenvalue weighted by molar-refractivity contribution is 0.0941. The summed E-state index contributed by atoms with van der Waals surface area (Å²) in [4.78, 5) is 30.0. The summed E-state index contributed by atoms with van der Waals surface area (Å²) in [5.74, 6) is 2.23. The maximum Gasteiger partial charge on any atom is 0.273 e. The Hall–Kier alpha value is -3.43. The number of nitrogens with one attached hydrogen (secondary N) is 1. The third kappa shape index (κ3) is 4.36. The van der Waals surface area contributed by atoms with Crippen molar-refractivity contribution in [2.45, 2.75) is 25.8 Å². The molecule has 152 valence electrons. The van der Waals surface area contributed by atoms with Crippen LogP contribution in [0.3, 0.4) is 0 Å². The molecule has 1 saturated heterocycles. The molecular formula is C19H23N7O3. The Morgan fingerprint density at radius 3 is 2.72 bits per heavy atom. The molecule has 4 rings (SSSR count). The number of hydrogen-bond acceptors (Lipinski definition) is 9. The van der Waals surface area contributed by atoms with E-state index in [0.717, 1.165) is 25.9 Å². The molecule has 29 heavy (non-hydrogen) atoms. The minimum atomic E-state index is -0.377. The van der Waals surface area contributed by atoms with E-state index in [2.05, 4.69) is 30.3 Å². The lowest BCUT2D eigenvalue weighted by Gasteiger charge is -2.27. The molecule has 0 saturated carbocycles. The van der Waals surface area contributed by atoms with Crippen LogP contribution in [-0.2, 0) is 6.54 Å². The van der Waals surface area contributed by atoms with Gasteiger partial charge in [0, 0.05) is 33.3 Å². The molecular weight excluding hydrogens is 374 g/mol. The number of carbonyl (C=O) groups excluding carboxylic acids is 1. The number of anilines is 2. The predicted octanol–water partition coefficient (Wildman–Crippen LogP) is 2.11. The first-order valence-electron chi connectivity index (χ1n) is 9.56. The molecule has 0 aliphatic carbocycles. The minimum absolute atomic E-state index is 0.159. The number of hydrogen-bond donors (Lipinski definition) is 1. The number of nitrogens with zero attached hydrogens (tertiary/aromatic N) is 6. The van der Waals surface area contributed by atoms with Crippen molar-refractivity contribution < 1.29 is 13.7 Å². The normalized spacial score (nSPS) is 14.1. The van der Waals surface area contributed by atoms with Crippen LogP contribution in [0.1, 0.15) is 35.6 Å². The first-order chi connectivity index (χ1) is 14.1. The number of piperidine rings is 1. The molecule has 4 heterocycles. The Kier molecular flexibility index (Phi) is 5.41. The topological polar surface area (TPSA) is 113 Å². The molecule has 1 fully saturated rings. The van der Waals surface area contributed by atoms with E-state index in [4.69, 9.17) is 8.94 Å². The highest BCUT2D eigenvalue weighted by Crippen LogP contribution is 2.21. The van der Waals surface area contributed by atoms with Crippen LogP contribution >= 0.6 is 0 Å². The smallest absolute Gasteiger partial charge is 0.273 e. The predicted molar refractivity (Wildman–Crippen MR) is 106 cm³/mol. The van der Waals surface area contributed by atoms with E-state index in [1.807, 2.05) is 19.0 Å². The van der Waals surface area contributed by atoms with Crippen LogP contribution in [0.25, 0.3) is 11.5 Å². The maximum absolute atomic E-state index is 12.5. The van der Waals surface area contributed by atoms with Crippen molar-refractivity contribution in [1.82, 2.24) is 25.4 Å². The Labute approximate surface area is 167 Å². The standard InChI is InChI=1S/C19H23N7O3/c1-25(2)18-21-16(22-19(23-18)26-8-4-3-5-9-26)12-20-17(27)13-11-15(29-24-13)14-7-6-10-28-14/h6-7,10-11H,3-5,8-9,12H2,1-2H3,(H,20,27). The number of aromatic nitrogens is 4. The Morgan fingerprint density at radius 2 is 2.00 bits per heavy atom. The molecule has 3 aromatic heterocycles. The lowest BCUT2D eigenvalue weighted by Crippen LogP contribution is -2.33. The van der Waals surface area contributed by atoms with Crippen LogP contribution < -0.4 is 15.1 Å². The summed E-state index contributed by atoms with van der Waals surface area (Å²) < 4.78 is 10.4.